The molecule has 0 aliphatic rings. The minimum atomic E-state index is -0.530. The zero-order valence-corrected chi connectivity index (χ0v) is 24.6. The standard InChI is InChI=1S/C46H28O/c1-2-14-30(15-3-1)40-28-41-45-39(26-13-27-42(45)47-46(41)38-24-11-6-19-32(38)40)44-36-22-9-7-20-34(36)43(35-21-8-10-23-37(35)44)33-25-12-17-29-16-4-5-18-31(29)33/h1-28H/i4D,5D,6D,11D,12D,16D,17D,18D,19D,24D,25D,28D. The highest BCUT2D eigenvalue weighted by atomic mass is 16.3. The monoisotopic (exact) mass is 608 g/mol. The molecule has 1 nitrogen and oxygen atoms in total. The van der Waals surface area contributed by atoms with Crippen LogP contribution < -0.4 is 0 Å². The van der Waals surface area contributed by atoms with Gasteiger partial charge >= 0.3 is 0 Å². The van der Waals surface area contributed by atoms with Gasteiger partial charge in [0.25, 0.3) is 0 Å². The van der Waals surface area contributed by atoms with Crippen molar-refractivity contribution in [2.45, 2.75) is 0 Å². The second-order valence-corrected chi connectivity index (χ2v) is 11.4. The molecule has 9 aromatic carbocycles. The lowest BCUT2D eigenvalue weighted by atomic mass is 9.83. The number of rotatable bonds is 3. The number of fused-ring (bicyclic) bond motifs is 8. The van der Waals surface area contributed by atoms with Gasteiger partial charge in [0, 0.05) is 16.2 Å². The van der Waals surface area contributed by atoms with E-state index in [1.54, 1.807) is 6.07 Å². The van der Waals surface area contributed by atoms with Gasteiger partial charge in [0.05, 0.1) is 16.4 Å². The van der Waals surface area contributed by atoms with E-state index >= 15 is 0 Å². The Balaban J connectivity index is 1.42. The molecule has 0 spiro atoms. The van der Waals surface area contributed by atoms with Crippen molar-refractivity contribution in [1.82, 2.24) is 0 Å². The molecule has 1 aromatic heterocycles. The average molecular weight is 609 g/mol. The Morgan fingerprint density at radius 2 is 1.00 bits per heavy atom. The molecule has 0 saturated carbocycles. The second kappa shape index (κ2) is 10.2. The fraction of sp³-hybridized carbons (Fsp3) is 0. The van der Waals surface area contributed by atoms with E-state index in [4.69, 9.17) is 18.1 Å². The van der Waals surface area contributed by atoms with Crippen molar-refractivity contribution in [2.75, 3.05) is 0 Å². The van der Waals surface area contributed by atoms with Gasteiger partial charge in [-0.05, 0) is 83.2 Å². The van der Waals surface area contributed by atoms with E-state index in [2.05, 4.69) is 0 Å². The summed E-state index contributed by atoms with van der Waals surface area (Å²) in [6.45, 7) is 0. The highest BCUT2D eigenvalue weighted by Gasteiger charge is 2.22. The number of hydrogen-bond donors (Lipinski definition) is 0. The third-order valence-corrected chi connectivity index (χ3v) is 8.96. The number of benzene rings is 9. The molecule has 1 heterocycles. The van der Waals surface area contributed by atoms with E-state index in [1.165, 1.54) is 0 Å². The van der Waals surface area contributed by atoms with E-state index in [9.17, 15) is 2.74 Å². The van der Waals surface area contributed by atoms with Crippen molar-refractivity contribution in [3.63, 3.8) is 0 Å². The van der Waals surface area contributed by atoms with Gasteiger partial charge in [-0.2, -0.15) is 0 Å². The third kappa shape index (κ3) is 3.84. The van der Waals surface area contributed by atoms with Gasteiger partial charge in [-0.3, -0.25) is 0 Å². The molecule has 0 fully saturated rings. The Morgan fingerprint density at radius 3 is 1.72 bits per heavy atom. The molecule has 0 aliphatic heterocycles. The Hall–Kier alpha value is -6.18. The fourth-order valence-corrected chi connectivity index (χ4v) is 7.02. The van der Waals surface area contributed by atoms with Crippen molar-refractivity contribution >= 4 is 65.0 Å². The van der Waals surface area contributed by atoms with Gasteiger partial charge in [-0.1, -0.05) is 157 Å². The van der Waals surface area contributed by atoms with Crippen molar-refractivity contribution in [3.8, 4) is 33.4 Å². The van der Waals surface area contributed by atoms with Crippen LogP contribution in [0.3, 0.4) is 0 Å². The number of furan rings is 1. The van der Waals surface area contributed by atoms with Gasteiger partial charge < -0.3 is 4.42 Å². The van der Waals surface area contributed by atoms with Crippen LogP contribution in [0.4, 0.5) is 0 Å². The van der Waals surface area contributed by atoms with Crippen LogP contribution in [-0.4, -0.2) is 0 Å². The molecule has 1 heteroatoms. The molecule has 47 heavy (non-hydrogen) atoms. The Morgan fingerprint density at radius 1 is 0.404 bits per heavy atom. The summed E-state index contributed by atoms with van der Waals surface area (Å²) in [6.07, 6.45) is 0. The first-order chi connectivity index (χ1) is 28.3. The predicted molar refractivity (Wildman–Crippen MR) is 200 cm³/mol. The fourth-order valence-electron chi connectivity index (χ4n) is 7.02. The SMILES string of the molecule is [2H]c1c([2H])c([2H])c2c(-c3c4ccccc4c(-c4cccc5oc6c7c([2H])c([2H])c([2H])c([2H])c7c(-c7ccccc7)c([2H])c6c45)c4ccccc34)c([2H])c([2H])c([2H])c2c1[2H]. The molecule has 10 aromatic rings. The van der Waals surface area contributed by atoms with Crippen LogP contribution in [0.15, 0.2) is 174 Å². The van der Waals surface area contributed by atoms with Crippen molar-refractivity contribution in [1.29, 1.82) is 0 Å². The summed E-state index contributed by atoms with van der Waals surface area (Å²) < 4.78 is 113. The summed E-state index contributed by atoms with van der Waals surface area (Å²) in [4.78, 5) is 0. The maximum Gasteiger partial charge on any atom is 0.143 e. The zero-order chi connectivity index (χ0) is 41.3. The summed E-state index contributed by atoms with van der Waals surface area (Å²) in [5, 5.41) is 3.71. The smallest absolute Gasteiger partial charge is 0.143 e. The first kappa shape index (κ1) is 16.9. The molecule has 0 unspecified atom stereocenters. The molecular formula is C46H28O. The van der Waals surface area contributed by atoms with Gasteiger partial charge in [-0.25, -0.2) is 0 Å². The molecule has 10 rings (SSSR count). The maximum absolute atomic E-state index is 9.86. The maximum atomic E-state index is 9.86. The topological polar surface area (TPSA) is 13.1 Å². The van der Waals surface area contributed by atoms with Crippen molar-refractivity contribution < 1.29 is 20.9 Å². The van der Waals surface area contributed by atoms with E-state index < -0.39 is 48.3 Å². The third-order valence-electron chi connectivity index (χ3n) is 8.96. The number of hydrogen-bond acceptors (Lipinski definition) is 1. The molecule has 0 N–H and O–H groups in total. The van der Waals surface area contributed by atoms with Crippen LogP contribution in [0.2, 0.25) is 0 Å². The molecule has 0 bridgehead atoms. The summed E-state index contributed by atoms with van der Waals surface area (Å²) in [5.74, 6) is 0. The molecule has 0 amide bonds. The van der Waals surface area contributed by atoms with Crippen LogP contribution in [0.1, 0.15) is 16.4 Å². The Kier molecular flexibility index (Phi) is 3.66. The molecule has 0 aliphatic carbocycles. The minimum absolute atomic E-state index is 0.0169. The first-order valence-electron chi connectivity index (χ1n) is 21.2. The Labute approximate surface area is 288 Å². The average Bonchev–Trinajstić information content (AvgIpc) is 3.65. The quantitative estimate of drug-likeness (QED) is 0.182. The molecule has 0 atom stereocenters. The summed E-state index contributed by atoms with van der Waals surface area (Å²) in [7, 11) is 0. The van der Waals surface area contributed by atoms with Gasteiger partial charge in [0.15, 0.2) is 0 Å². The van der Waals surface area contributed by atoms with Crippen LogP contribution in [-0.2, 0) is 0 Å². The molecule has 0 saturated heterocycles. The summed E-state index contributed by atoms with van der Waals surface area (Å²) >= 11 is 0. The van der Waals surface area contributed by atoms with E-state index in [-0.39, 0.29) is 56.9 Å². The zero-order valence-electron chi connectivity index (χ0n) is 36.6. The van der Waals surface area contributed by atoms with Gasteiger partial charge in [-0.15, -0.1) is 0 Å². The van der Waals surface area contributed by atoms with Crippen LogP contribution in [0, 0.1) is 0 Å². The molecular weight excluding hydrogens is 569 g/mol. The van der Waals surface area contributed by atoms with Crippen molar-refractivity contribution in [3.05, 3.63) is 170 Å². The van der Waals surface area contributed by atoms with Crippen LogP contribution in [0.5, 0.6) is 0 Å². The predicted octanol–water partition coefficient (Wildman–Crippen LogP) is 13.2. The first-order valence-corrected chi connectivity index (χ1v) is 15.2. The largest absolute Gasteiger partial charge is 0.455 e. The highest BCUT2D eigenvalue weighted by Crippen LogP contribution is 2.49. The lowest BCUT2D eigenvalue weighted by molar-refractivity contribution is 0.673. The van der Waals surface area contributed by atoms with Crippen molar-refractivity contribution in [2.24, 2.45) is 0 Å². The van der Waals surface area contributed by atoms with Crippen LogP contribution in [0.25, 0.3) is 98.4 Å². The molecule has 218 valence electrons. The lowest BCUT2D eigenvalue weighted by Gasteiger charge is -2.19. The van der Waals surface area contributed by atoms with E-state index in [0.717, 1.165) is 5.56 Å². The minimum Gasteiger partial charge on any atom is -0.455 e. The second-order valence-electron chi connectivity index (χ2n) is 11.4. The normalized spacial score (nSPS) is 15.4. The summed E-state index contributed by atoms with van der Waals surface area (Å²) in [5.41, 5.74) is 3.45. The van der Waals surface area contributed by atoms with E-state index in [0.29, 0.717) is 60.2 Å². The van der Waals surface area contributed by atoms with Gasteiger partial charge in [0.2, 0.25) is 0 Å². The van der Waals surface area contributed by atoms with Crippen LogP contribution >= 0.6 is 0 Å². The van der Waals surface area contributed by atoms with Gasteiger partial charge in [0.1, 0.15) is 11.2 Å². The lowest BCUT2D eigenvalue weighted by Crippen LogP contribution is -1.92. The van der Waals surface area contributed by atoms with E-state index in [1.807, 2.05) is 91.0 Å². The highest BCUT2D eigenvalue weighted by molar-refractivity contribution is 6.28. The Bertz CT molecular complexity index is 3460. The molecule has 0 radical (unpaired) electrons. The summed E-state index contributed by atoms with van der Waals surface area (Å²) in [6, 6.07) is 24.9.